The molecule has 9 heavy (non-hydrogen) atoms. The van der Waals surface area contributed by atoms with Crippen LogP contribution in [0.2, 0.25) is 0 Å². The molecule has 1 aliphatic heterocycles. The van der Waals surface area contributed by atoms with Gasteiger partial charge in [-0.3, -0.25) is 0 Å². The van der Waals surface area contributed by atoms with Gasteiger partial charge < -0.3 is 0 Å². The molecule has 0 radical (unpaired) electrons. The van der Waals surface area contributed by atoms with Crippen LogP contribution < -0.4 is 0 Å². The molecule has 0 nitrogen and oxygen atoms in total. The predicted octanol–water partition coefficient (Wildman–Crippen LogP) is 2.63. The van der Waals surface area contributed by atoms with Gasteiger partial charge in [0.25, 0.3) is 0 Å². The summed E-state index contributed by atoms with van der Waals surface area (Å²) in [5.41, 5.74) is 0. The molecule has 0 spiro atoms. The van der Waals surface area contributed by atoms with Crippen molar-refractivity contribution in [1.29, 1.82) is 0 Å². The lowest BCUT2D eigenvalue weighted by Crippen LogP contribution is -2.17. The van der Waals surface area contributed by atoms with E-state index in [1.807, 2.05) is 0 Å². The highest BCUT2D eigenvalue weighted by Crippen LogP contribution is 2.30. The van der Waals surface area contributed by atoms with Crippen LogP contribution in [0.3, 0.4) is 0 Å². The normalized spacial score (nSPS) is 36.7. The van der Waals surface area contributed by atoms with Crippen LogP contribution in [-0.2, 0) is 0 Å². The molecule has 0 aromatic heterocycles. The summed E-state index contributed by atoms with van der Waals surface area (Å²) in [6.07, 6.45) is 1.35. The minimum atomic E-state index is 0.901. The second-order valence-corrected chi connectivity index (χ2v) is 5.31. The molecular formula is C7H14S2. The molecule has 1 heterocycles. The van der Waals surface area contributed by atoms with Gasteiger partial charge >= 0.3 is 0 Å². The highest BCUT2D eigenvalue weighted by Gasteiger charge is 2.16. The maximum atomic E-state index is 2.32. The second-order valence-electron chi connectivity index (χ2n) is 2.51. The van der Waals surface area contributed by atoms with E-state index in [0.29, 0.717) is 0 Å². The highest BCUT2D eigenvalue weighted by atomic mass is 32.2. The van der Waals surface area contributed by atoms with E-state index in [2.05, 4.69) is 37.4 Å². The lowest BCUT2D eigenvalue weighted by atomic mass is 10.4. The van der Waals surface area contributed by atoms with Crippen LogP contribution >= 0.6 is 23.5 Å². The van der Waals surface area contributed by atoms with Gasteiger partial charge in [-0.2, -0.15) is 23.5 Å². The van der Waals surface area contributed by atoms with Crippen LogP contribution in [0.5, 0.6) is 0 Å². The summed E-state index contributed by atoms with van der Waals surface area (Å²) in [7, 11) is 0. The van der Waals surface area contributed by atoms with Gasteiger partial charge in [-0.15, -0.1) is 0 Å². The molecule has 2 heteroatoms. The van der Waals surface area contributed by atoms with Crippen molar-refractivity contribution < 1.29 is 0 Å². The minimum Gasteiger partial charge on any atom is -0.157 e. The van der Waals surface area contributed by atoms with Crippen LogP contribution in [0.15, 0.2) is 0 Å². The van der Waals surface area contributed by atoms with Crippen molar-refractivity contribution in [1.82, 2.24) is 0 Å². The average Bonchev–Trinajstić information content (AvgIpc) is 1.90. The predicted molar refractivity (Wildman–Crippen MR) is 48.5 cm³/mol. The van der Waals surface area contributed by atoms with Crippen LogP contribution in [0, 0.1) is 0 Å². The van der Waals surface area contributed by atoms with Gasteiger partial charge in [0.15, 0.2) is 0 Å². The molecule has 1 saturated heterocycles. The summed E-state index contributed by atoms with van der Waals surface area (Å²) in [6.45, 7) is 4.61. The molecule has 1 fully saturated rings. The molecule has 2 unspecified atom stereocenters. The first kappa shape index (κ1) is 7.80. The maximum Gasteiger partial charge on any atom is 0.0136 e. The van der Waals surface area contributed by atoms with Crippen molar-refractivity contribution in [3.05, 3.63) is 0 Å². The van der Waals surface area contributed by atoms with E-state index in [0.717, 1.165) is 10.5 Å². The Morgan fingerprint density at radius 2 is 2.11 bits per heavy atom. The van der Waals surface area contributed by atoms with Gasteiger partial charge in [-0.05, 0) is 6.42 Å². The third-order valence-corrected chi connectivity index (χ3v) is 5.00. The van der Waals surface area contributed by atoms with Gasteiger partial charge in [-0.1, -0.05) is 13.8 Å². The molecule has 0 saturated carbocycles. The van der Waals surface area contributed by atoms with E-state index in [1.165, 1.54) is 17.9 Å². The Balaban J connectivity index is 2.18. The molecular weight excluding hydrogens is 148 g/mol. The lowest BCUT2D eigenvalue weighted by molar-refractivity contribution is 0.899. The van der Waals surface area contributed by atoms with Crippen LogP contribution in [0.1, 0.15) is 20.3 Å². The molecule has 0 N–H and O–H groups in total. The zero-order valence-corrected chi connectivity index (χ0v) is 7.73. The Morgan fingerprint density at radius 1 is 1.33 bits per heavy atom. The summed E-state index contributed by atoms with van der Waals surface area (Å²) < 4.78 is 0. The molecule has 0 amide bonds. The Morgan fingerprint density at radius 3 is 2.56 bits per heavy atom. The van der Waals surface area contributed by atoms with Gasteiger partial charge in [0, 0.05) is 22.0 Å². The maximum absolute atomic E-state index is 2.32. The summed E-state index contributed by atoms with van der Waals surface area (Å²) in [4.78, 5) is 0. The molecule has 1 aliphatic rings. The van der Waals surface area contributed by atoms with E-state index < -0.39 is 0 Å². The second kappa shape index (κ2) is 3.77. The van der Waals surface area contributed by atoms with Gasteiger partial charge in [0.2, 0.25) is 0 Å². The average molecular weight is 162 g/mol. The zero-order valence-electron chi connectivity index (χ0n) is 6.09. The van der Waals surface area contributed by atoms with Gasteiger partial charge in [0.05, 0.1) is 0 Å². The first-order valence-corrected chi connectivity index (χ1v) is 5.66. The van der Waals surface area contributed by atoms with Crippen LogP contribution in [0.25, 0.3) is 0 Å². The first-order valence-electron chi connectivity index (χ1n) is 3.56. The smallest absolute Gasteiger partial charge is 0.0136 e. The van der Waals surface area contributed by atoms with Crippen LogP contribution in [0.4, 0.5) is 0 Å². The topological polar surface area (TPSA) is 0 Å². The fourth-order valence-electron chi connectivity index (χ4n) is 0.875. The number of thioether (sulfide) groups is 2. The Bertz CT molecular complexity index is 75.0. The van der Waals surface area contributed by atoms with Gasteiger partial charge in [0.1, 0.15) is 0 Å². The largest absolute Gasteiger partial charge is 0.157 e. The third-order valence-electron chi connectivity index (χ3n) is 1.59. The molecule has 2 atom stereocenters. The Hall–Kier alpha value is 0.700. The van der Waals surface area contributed by atoms with Crippen molar-refractivity contribution >= 4 is 23.5 Å². The number of hydrogen-bond donors (Lipinski definition) is 0. The number of hydrogen-bond acceptors (Lipinski definition) is 2. The van der Waals surface area contributed by atoms with Crippen molar-refractivity contribution in [3.63, 3.8) is 0 Å². The summed E-state index contributed by atoms with van der Waals surface area (Å²) in [5.74, 6) is 2.74. The van der Waals surface area contributed by atoms with Crippen molar-refractivity contribution in [2.24, 2.45) is 0 Å². The summed E-state index contributed by atoms with van der Waals surface area (Å²) in [6, 6.07) is 0. The fraction of sp³-hybridized carbons (Fsp3) is 1.00. The van der Waals surface area contributed by atoms with Crippen LogP contribution in [-0.4, -0.2) is 22.0 Å². The highest BCUT2D eigenvalue weighted by molar-refractivity contribution is 8.07. The molecule has 54 valence electrons. The van der Waals surface area contributed by atoms with Crippen molar-refractivity contribution in [2.75, 3.05) is 11.5 Å². The number of rotatable bonds is 1. The molecule has 0 bridgehead atoms. The van der Waals surface area contributed by atoms with Crippen molar-refractivity contribution in [3.8, 4) is 0 Å². The van der Waals surface area contributed by atoms with E-state index in [1.54, 1.807) is 0 Å². The quantitative estimate of drug-likeness (QED) is 0.581. The minimum absolute atomic E-state index is 0.901. The van der Waals surface area contributed by atoms with Gasteiger partial charge in [-0.25, -0.2) is 0 Å². The summed E-state index contributed by atoms with van der Waals surface area (Å²) in [5, 5.41) is 1.85. The monoisotopic (exact) mass is 162 g/mol. The van der Waals surface area contributed by atoms with E-state index in [4.69, 9.17) is 0 Å². The SMILES string of the molecule is CCC1CSC(C)CS1. The zero-order chi connectivity index (χ0) is 6.69. The molecule has 0 aromatic carbocycles. The third kappa shape index (κ3) is 2.42. The Kier molecular flexibility index (Phi) is 3.27. The Labute approximate surface area is 66.2 Å². The molecule has 0 aliphatic carbocycles. The molecule has 0 aromatic rings. The lowest BCUT2D eigenvalue weighted by Gasteiger charge is -2.23. The summed E-state index contributed by atoms with van der Waals surface area (Å²) >= 11 is 4.28. The van der Waals surface area contributed by atoms with Crippen molar-refractivity contribution in [2.45, 2.75) is 30.8 Å². The standard InChI is InChI=1S/C7H14S2/c1-3-7-5-8-6(2)4-9-7/h6-7H,3-5H2,1-2H3. The van der Waals surface area contributed by atoms with E-state index in [9.17, 15) is 0 Å². The van der Waals surface area contributed by atoms with E-state index >= 15 is 0 Å². The first-order chi connectivity index (χ1) is 4.33. The fourth-order valence-corrected chi connectivity index (χ4v) is 3.67. The van der Waals surface area contributed by atoms with E-state index in [-0.39, 0.29) is 0 Å². The molecule has 1 rings (SSSR count).